The van der Waals surface area contributed by atoms with Gasteiger partial charge in [-0.2, -0.15) is 0 Å². The molecule has 4 N–H and O–H groups in total. The van der Waals surface area contributed by atoms with Gasteiger partial charge >= 0.3 is 0 Å². The molecule has 0 saturated carbocycles. The molecule has 0 amide bonds. The summed E-state index contributed by atoms with van der Waals surface area (Å²) < 4.78 is 0. The largest absolute Gasteiger partial charge is 0.411 e. The lowest BCUT2D eigenvalue weighted by molar-refractivity contribution is 0.311. The third-order valence-corrected chi connectivity index (χ3v) is 0.200. The van der Waals surface area contributed by atoms with E-state index in [1.54, 1.807) is 13.8 Å². The molecule has 44 valence electrons. The number of oxime groups is 1. The highest BCUT2D eigenvalue weighted by Crippen LogP contribution is 1.62. The van der Waals surface area contributed by atoms with Crippen LogP contribution in [0.5, 0.6) is 0 Å². The fourth-order valence-corrected chi connectivity index (χ4v) is 0. The van der Waals surface area contributed by atoms with Crippen molar-refractivity contribution in [2.24, 2.45) is 11.1 Å². The second kappa shape index (κ2) is 9.04. The van der Waals surface area contributed by atoms with Gasteiger partial charge in [-0.1, -0.05) is 5.16 Å². The Morgan fingerprint density at radius 1 is 1.43 bits per heavy atom. The summed E-state index contributed by atoms with van der Waals surface area (Å²) in [6.45, 7) is 3.44. The summed E-state index contributed by atoms with van der Waals surface area (Å²) in [5.41, 5.74) is 0.685. The van der Waals surface area contributed by atoms with Crippen molar-refractivity contribution < 1.29 is 10.4 Å². The van der Waals surface area contributed by atoms with Gasteiger partial charge in [0, 0.05) is 0 Å². The predicted molar refractivity (Wildman–Crippen MR) is 26.5 cm³/mol. The predicted octanol–water partition coefficient (Wildman–Crippen LogP) is 0.191. The van der Waals surface area contributed by atoms with E-state index in [1.807, 2.05) is 0 Å². The molecular weight excluding hydrogens is 96.0 g/mol. The van der Waals surface area contributed by atoms with Crippen LogP contribution in [0.2, 0.25) is 0 Å². The molecule has 0 rings (SSSR count). The highest BCUT2D eigenvalue weighted by atomic mass is 16.4. The molecule has 0 aliphatic rings. The first kappa shape index (κ1) is 9.63. The molecule has 0 saturated heterocycles. The monoisotopic (exact) mass is 106 g/mol. The van der Waals surface area contributed by atoms with Crippen molar-refractivity contribution in [3.63, 3.8) is 0 Å². The van der Waals surface area contributed by atoms with E-state index in [0.29, 0.717) is 5.71 Å². The molecule has 0 aromatic rings. The Kier molecular flexibility index (Phi) is 12.4. The van der Waals surface area contributed by atoms with Gasteiger partial charge in [0.25, 0.3) is 0 Å². The lowest BCUT2D eigenvalue weighted by atomic mass is 10.5. The Bertz CT molecular complexity index is 48.9. The fraction of sp³-hybridized carbons (Fsp3) is 0.667. The van der Waals surface area contributed by atoms with Crippen LogP contribution in [0.25, 0.3) is 0 Å². The molecule has 0 aliphatic heterocycles. The maximum Gasteiger partial charge on any atom is 0.0509 e. The van der Waals surface area contributed by atoms with Crippen LogP contribution >= 0.6 is 0 Å². The fourth-order valence-electron chi connectivity index (χ4n) is 0. The maximum absolute atomic E-state index is 7.73. The van der Waals surface area contributed by atoms with Crippen molar-refractivity contribution in [1.82, 2.24) is 0 Å². The zero-order valence-electron chi connectivity index (χ0n) is 4.42. The summed E-state index contributed by atoms with van der Waals surface area (Å²) in [5.74, 6) is 3.50. The van der Waals surface area contributed by atoms with Gasteiger partial charge in [0.15, 0.2) is 0 Å². The normalized spacial score (nSPS) is 5.71. The molecule has 0 spiro atoms. The average Bonchev–Trinajstić information content (AvgIpc) is 1.73. The van der Waals surface area contributed by atoms with E-state index in [-0.39, 0.29) is 0 Å². The molecule has 0 aliphatic carbocycles. The number of hydrogen-bond acceptors (Lipinski definition) is 4. The van der Waals surface area contributed by atoms with Gasteiger partial charge in [0.1, 0.15) is 0 Å². The second-order valence-corrected chi connectivity index (χ2v) is 1.05. The number of hydrogen-bond donors (Lipinski definition) is 3. The number of nitrogens with zero attached hydrogens (tertiary/aromatic N) is 1. The van der Waals surface area contributed by atoms with Crippen molar-refractivity contribution >= 4 is 5.71 Å². The minimum atomic E-state index is 0.685. The Morgan fingerprint density at radius 3 is 1.57 bits per heavy atom. The zero-order chi connectivity index (χ0) is 6.28. The molecule has 0 heterocycles. The molecular formula is C3H10N2O2. The van der Waals surface area contributed by atoms with Crippen molar-refractivity contribution in [2.75, 3.05) is 0 Å². The minimum absolute atomic E-state index is 0.685. The Hall–Kier alpha value is -0.610. The first-order chi connectivity index (χ1) is 3.27. The van der Waals surface area contributed by atoms with Crippen LogP contribution in [0.1, 0.15) is 13.8 Å². The van der Waals surface area contributed by atoms with Gasteiger partial charge in [0.05, 0.1) is 5.71 Å². The van der Waals surface area contributed by atoms with Gasteiger partial charge in [-0.05, 0) is 13.8 Å². The molecule has 0 radical (unpaired) electrons. The summed E-state index contributed by atoms with van der Waals surface area (Å²) in [4.78, 5) is 0. The first-order valence-electron chi connectivity index (χ1n) is 1.68. The second-order valence-electron chi connectivity index (χ2n) is 1.05. The van der Waals surface area contributed by atoms with Crippen molar-refractivity contribution in [2.45, 2.75) is 13.8 Å². The van der Waals surface area contributed by atoms with Crippen LogP contribution in [0.3, 0.4) is 0 Å². The number of nitrogens with two attached hydrogens (primary N) is 1. The Balaban J connectivity index is 0. The minimum Gasteiger partial charge on any atom is -0.411 e. The Morgan fingerprint density at radius 2 is 1.57 bits per heavy atom. The van der Waals surface area contributed by atoms with Crippen molar-refractivity contribution in [1.29, 1.82) is 0 Å². The van der Waals surface area contributed by atoms with Crippen LogP contribution in [0.4, 0.5) is 0 Å². The molecule has 4 heteroatoms. The molecule has 0 bridgehead atoms. The molecule has 0 fully saturated rings. The summed E-state index contributed by atoms with van der Waals surface area (Å²) in [5, 5.41) is 17.0. The van der Waals surface area contributed by atoms with Crippen LogP contribution in [-0.2, 0) is 0 Å². The van der Waals surface area contributed by atoms with E-state index >= 15 is 0 Å². The lowest BCUT2D eigenvalue weighted by Gasteiger charge is -1.72. The van der Waals surface area contributed by atoms with Crippen LogP contribution in [-0.4, -0.2) is 16.1 Å². The van der Waals surface area contributed by atoms with Crippen molar-refractivity contribution in [3.8, 4) is 0 Å². The van der Waals surface area contributed by atoms with Crippen LogP contribution in [0.15, 0.2) is 5.16 Å². The summed E-state index contributed by atoms with van der Waals surface area (Å²) in [7, 11) is 0. The summed E-state index contributed by atoms with van der Waals surface area (Å²) >= 11 is 0. The highest BCUT2D eigenvalue weighted by molar-refractivity contribution is 5.78. The average molecular weight is 106 g/mol. The third-order valence-electron chi connectivity index (χ3n) is 0.200. The van der Waals surface area contributed by atoms with E-state index in [1.165, 1.54) is 0 Å². The lowest BCUT2D eigenvalue weighted by Crippen LogP contribution is -1.74. The quantitative estimate of drug-likeness (QED) is 0.234. The molecule has 4 nitrogen and oxygen atoms in total. The highest BCUT2D eigenvalue weighted by Gasteiger charge is 1.65. The van der Waals surface area contributed by atoms with Gasteiger partial charge in [-0.25, -0.2) is 5.90 Å². The topological polar surface area (TPSA) is 78.8 Å². The van der Waals surface area contributed by atoms with Crippen molar-refractivity contribution in [3.05, 3.63) is 0 Å². The first-order valence-corrected chi connectivity index (χ1v) is 1.68. The third kappa shape index (κ3) is 32.1. The number of rotatable bonds is 0. The van der Waals surface area contributed by atoms with Crippen LogP contribution < -0.4 is 5.90 Å². The molecule has 0 aromatic carbocycles. The van der Waals surface area contributed by atoms with Crippen LogP contribution in [0, 0.1) is 0 Å². The maximum atomic E-state index is 7.73. The molecule has 0 aromatic heterocycles. The van der Waals surface area contributed by atoms with Gasteiger partial charge in [-0.15, -0.1) is 0 Å². The van der Waals surface area contributed by atoms with Gasteiger partial charge < -0.3 is 10.4 Å². The molecule has 0 unspecified atom stereocenters. The summed E-state index contributed by atoms with van der Waals surface area (Å²) in [6, 6.07) is 0. The van der Waals surface area contributed by atoms with Gasteiger partial charge in [-0.3, -0.25) is 0 Å². The standard InChI is InChI=1S/C3H7NO.H3NO/c1-3(2)4-5;1-2/h5H,1-2H3;2H,1H2. The zero-order valence-corrected chi connectivity index (χ0v) is 4.42. The summed E-state index contributed by atoms with van der Waals surface area (Å²) in [6.07, 6.45) is 0. The SMILES string of the molecule is CC(C)=NO.NO. The van der Waals surface area contributed by atoms with E-state index in [4.69, 9.17) is 10.4 Å². The smallest absolute Gasteiger partial charge is 0.0509 e. The van der Waals surface area contributed by atoms with E-state index in [9.17, 15) is 0 Å². The van der Waals surface area contributed by atoms with E-state index in [0.717, 1.165) is 0 Å². The Labute approximate surface area is 42.2 Å². The van der Waals surface area contributed by atoms with Gasteiger partial charge in [0.2, 0.25) is 0 Å². The molecule has 0 atom stereocenters. The van der Waals surface area contributed by atoms with E-state index in [2.05, 4.69) is 11.1 Å². The van der Waals surface area contributed by atoms with E-state index < -0.39 is 0 Å². The molecule has 7 heavy (non-hydrogen) atoms.